The van der Waals surface area contributed by atoms with Crippen LogP contribution >= 0.6 is 11.8 Å². The molecular weight excluding hydrogens is 210 g/mol. The van der Waals surface area contributed by atoms with Crippen LogP contribution in [0.5, 0.6) is 0 Å². The number of amidine groups is 1. The zero-order valence-electron chi connectivity index (χ0n) is 8.61. The van der Waals surface area contributed by atoms with Gasteiger partial charge in [0, 0.05) is 6.04 Å². The summed E-state index contributed by atoms with van der Waals surface area (Å²) < 4.78 is 0. The Labute approximate surface area is 93.3 Å². The van der Waals surface area contributed by atoms with Crippen molar-refractivity contribution in [3.63, 3.8) is 0 Å². The van der Waals surface area contributed by atoms with Crippen molar-refractivity contribution in [1.82, 2.24) is 4.90 Å². The topological polar surface area (TPSA) is 58.7 Å². The van der Waals surface area contributed by atoms with Crippen LogP contribution in [0.1, 0.15) is 25.7 Å². The van der Waals surface area contributed by atoms with Crippen LogP contribution in [0, 0.1) is 0 Å². The van der Waals surface area contributed by atoms with Crippen LogP contribution < -0.4 is 5.73 Å². The molecule has 0 bridgehead atoms. The fourth-order valence-electron chi connectivity index (χ4n) is 2.61. The molecule has 2 N–H and O–H groups in total. The van der Waals surface area contributed by atoms with Crippen LogP contribution in [0.4, 0.5) is 4.79 Å². The molecule has 5 heteroatoms. The highest BCUT2D eigenvalue weighted by Gasteiger charge is 2.53. The van der Waals surface area contributed by atoms with Crippen molar-refractivity contribution in [1.29, 1.82) is 0 Å². The summed E-state index contributed by atoms with van der Waals surface area (Å²) in [5.41, 5.74) is 5.76. The molecule has 2 fully saturated rings. The molecule has 1 saturated carbocycles. The number of rotatable bonds is 1. The molecule has 82 valence electrons. The van der Waals surface area contributed by atoms with E-state index in [2.05, 4.69) is 4.99 Å². The van der Waals surface area contributed by atoms with Crippen molar-refractivity contribution in [3.8, 4) is 0 Å². The molecule has 2 heterocycles. The zero-order valence-corrected chi connectivity index (χ0v) is 9.42. The molecule has 2 aliphatic heterocycles. The second kappa shape index (κ2) is 3.14. The molecular formula is C10H15N3OS. The van der Waals surface area contributed by atoms with E-state index < -0.39 is 0 Å². The first-order valence-corrected chi connectivity index (χ1v) is 6.65. The molecule has 3 aliphatic rings. The predicted molar refractivity (Wildman–Crippen MR) is 61.2 cm³/mol. The van der Waals surface area contributed by atoms with Gasteiger partial charge in [-0.3, -0.25) is 0 Å². The van der Waals surface area contributed by atoms with Gasteiger partial charge in [-0.15, -0.1) is 0 Å². The van der Waals surface area contributed by atoms with Crippen LogP contribution in [0.3, 0.4) is 0 Å². The largest absolute Gasteiger partial charge is 0.385 e. The molecule has 1 spiro atoms. The number of nitrogens with zero attached hydrogens (tertiary/aromatic N) is 2. The lowest BCUT2D eigenvalue weighted by molar-refractivity contribution is 0.159. The zero-order chi connectivity index (χ0) is 10.5. The van der Waals surface area contributed by atoms with E-state index in [4.69, 9.17) is 5.73 Å². The quantitative estimate of drug-likeness (QED) is 0.729. The van der Waals surface area contributed by atoms with Gasteiger partial charge in [0.25, 0.3) is 0 Å². The van der Waals surface area contributed by atoms with E-state index in [-0.39, 0.29) is 11.6 Å². The summed E-state index contributed by atoms with van der Waals surface area (Å²) in [5.74, 6) is 2.75. The normalized spacial score (nSPS) is 29.7. The number of urea groups is 1. The Morgan fingerprint density at radius 2 is 2.07 bits per heavy atom. The van der Waals surface area contributed by atoms with Gasteiger partial charge >= 0.3 is 6.03 Å². The Morgan fingerprint density at radius 3 is 2.67 bits per heavy atom. The molecule has 0 aromatic rings. The van der Waals surface area contributed by atoms with Crippen molar-refractivity contribution in [2.24, 2.45) is 10.7 Å². The summed E-state index contributed by atoms with van der Waals surface area (Å²) in [4.78, 5) is 17.7. The summed E-state index contributed by atoms with van der Waals surface area (Å²) in [6, 6.07) is 0.326. The SMILES string of the molecule is NC1=NC(=O)N(C2CC2)C12CCSCC2. The maximum atomic E-state index is 11.8. The highest BCUT2D eigenvalue weighted by Crippen LogP contribution is 2.43. The van der Waals surface area contributed by atoms with Gasteiger partial charge in [0.2, 0.25) is 0 Å². The lowest BCUT2D eigenvalue weighted by Crippen LogP contribution is -2.56. The van der Waals surface area contributed by atoms with Gasteiger partial charge < -0.3 is 10.6 Å². The van der Waals surface area contributed by atoms with Crippen molar-refractivity contribution >= 4 is 23.6 Å². The molecule has 0 radical (unpaired) electrons. The van der Waals surface area contributed by atoms with Crippen molar-refractivity contribution in [3.05, 3.63) is 0 Å². The molecule has 0 aromatic carbocycles. The maximum absolute atomic E-state index is 11.8. The van der Waals surface area contributed by atoms with Gasteiger partial charge in [0.15, 0.2) is 0 Å². The monoisotopic (exact) mass is 225 g/mol. The highest BCUT2D eigenvalue weighted by atomic mass is 32.2. The predicted octanol–water partition coefficient (Wildman–Crippen LogP) is 1.21. The molecule has 15 heavy (non-hydrogen) atoms. The Kier molecular flexibility index (Phi) is 1.99. The van der Waals surface area contributed by atoms with Gasteiger partial charge in [-0.1, -0.05) is 0 Å². The summed E-state index contributed by atoms with van der Waals surface area (Å²) in [6.07, 6.45) is 4.22. The van der Waals surface area contributed by atoms with Crippen LogP contribution in [-0.4, -0.2) is 39.9 Å². The minimum absolute atomic E-state index is 0.0955. The number of hydrogen-bond acceptors (Lipinski definition) is 3. The summed E-state index contributed by atoms with van der Waals surface area (Å²) in [7, 11) is 0. The van der Waals surface area contributed by atoms with Gasteiger partial charge in [0.1, 0.15) is 11.4 Å². The molecule has 0 unspecified atom stereocenters. The van der Waals surface area contributed by atoms with E-state index in [0.29, 0.717) is 11.9 Å². The summed E-state index contributed by atoms with van der Waals surface area (Å²) >= 11 is 1.94. The first-order chi connectivity index (χ1) is 7.24. The van der Waals surface area contributed by atoms with Gasteiger partial charge in [0.05, 0.1) is 0 Å². The van der Waals surface area contributed by atoms with E-state index in [1.165, 1.54) is 0 Å². The van der Waals surface area contributed by atoms with Crippen LogP contribution in [0.25, 0.3) is 0 Å². The summed E-state index contributed by atoms with van der Waals surface area (Å²) in [5, 5.41) is 0. The van der Waals surface area contributed by atoms with Crippen LogP contribution in [0.15, 0.2) is 4.99 Å². The number of carbonyl (C=O) groups excluding carboxylic acids is 1. The van der Waals surface area contributed by atoms with E-state index in [0.717, 1.165) is 37.2 Å². The van der Waals surface area contributed by atoms with Gasteiger partial charge in [-0.2, -0.15) is 16.8 Å². The highest BCUT2D eigenvalue weighted by molar-refractivity contribution is 7.99. The van der Waals surface area contributed by atoms with Crippen molar-refractivity contribution in [2.75, 3.05) is 11.5 Å². The second-order valence-corrected chi connectivity index (χ2v) is 5.75. The van der Waals surface area contributed by atoms with E-state index in [1.54, 1.807) is 0 Å². The number of hydrogen-bond donors (Lipinski definition) is 1. The molecule has 4 nitrogen and oxygen atoms in total. The Bertz CT molecular complexity index is 332. The molecule has 1 saturated heterocycles. The number of thioether (sulfide) groups is 1. The van der Waals surface area contributed by atoms with Crippen molar-refractivity contribution < 1.29 is 4.79 Å². The number of aliphatic imine (C=N–C) groups is 1. The number of nitrogens with two attached hydrogens (primary N) is 1. The fourth-order valence-corrected chi connectivity index (χ4v) is 3.78. The van der Waals surface area contributed by atoms with E-state index in [1.807, 2.05) is 16.7 Å². The third kappa shape index (κ3) is 1.29. The number of carbonyl (C=O) groups is 1. The van der Waals surface area contributed by atoms with Crippen molar-refractivity contribution in [2.45, 2.75) is 37.3 Å². The van der Waals surface area contributed by atoms with E-state index in [9.17, 15) is 4.79 Å². The lowest BCUT2D eigenvalue weighted by atomic mass is 9.89. The third-order valence-electron chi connectivity index (χ3n) is 3.59. The van der Waals surface area contributed by atoms with Crippen LogP contribution in [0.2, 0.25) is 0 Å². The fraction of sp³-hybridized carbons (Fsp3) is 0.800. The smallest absolute Gasteiger partial charge is 0.346 e. The maximum Gasteiger partial charge on any atom is 0.346 e. The Morgan fingerprint density at radius 1 is 1.40 bits per heavy atom. The Hall–Kier alpha value is -0.710. The van der Waals surface area contributed by atoms with Gasteiger partial charge in [-0.05, 0) is 37.2 Å². The third-order valence-corrected chi connectivity index (χ3v) is 4.58. The second-order valence-electron chi connectivity index (χ2n) is 4.52. The van der Waals surface area contributed by atoms with E-state index >= 15 is 0 Å². The Balaban J connectivity index is 1.95. The first-order valence-electron chi connectivity index (χ1n) is 5.50. The van der Waals surface area contributed by atoms with Crippen LogP contribution in [-0.2, 0) is 0 Å². The minimum atomic E-state index is -0.205. The summed E-state index contributed by atoms with van der Waals surface area (Å²) in [6.45, 7) is 0. The standard InChI is InChI=1S/C10H15N3OS/c11-8-10(3-5-15-6-4-10)13(7-1-2-7)9(14)12-8/h7H,1-6H2,(H2,11,12,14). The first kappa shape index (κ1) is 9.51. The molecule has 1 aliphatic carbocycles. The molecule has 3 rings (SSSR count). The molecule has 0 aromatic heterocycles. The average Bonchev–Trinajstić information content (AvgIpc) is 3.00. The molecule has 2 amide bonds. The lowest BCUT2D eigenvalue weighted by Gasteiger charge is -2.40. The van der Waals surface area contributed by atoms with Gasteiger partial charge in [-0.25, -0.2) is 4.79 Å². The minimum Gasteiger partial charge on any atom is -0.385 e. The number of amides is 2. The average molecular weight is 225 g/mol. The molecule has 0 atom stereocenters.